The lowest BCUT2D eigenvalue weighted by Gasteiger charge is -2.25. The third-order valence-corrected chi connectivity index (χ3v) is 4.75. The molecular weight excluding hydrogens is 411 g/mol. The predicted molar refractivity (Wildman–Crippen MR) is 107 cm³/mol. The minimum Gasteiger partial charge on any atom is -0.355 e. The third kappa shape index (κ3) is 9.07. The standard InChI is InChI=1S/C15H30N4OS.HI/c1-12(21-4)10-16-15(17-11-14(20)19(2)3)18-13-8-6-5-7-9-13;/h12-13H,5-11H2,1-4H3,(H2,16,17,18);1H. The van der Waals surface area contributed by atoms with Gasteiger partial charge in [-0.2, -0.15) is 11.8 Å². The monoisotopic (exact) mass is 442 g/mol. The molecule has 1 aliphatic carbocycles. The summed E-state index contributed by atoms with van der Waals surface area (Å²) in [7, 11) is 3.52. The molecule has 1 aliphatic rings. The van der Waals surface area contributed by atoms with Gasteiger partial charge in [-0.3, -0.25) is 4.79 Å². The molecule has 0 aromatic heterocycles. The summed E-state index contributed by atoms with van der Waals surface area (Å²) in [5, 5.41) is 7.37. The highest BCUT2D eigenvalue weighted by molar-refractivity contribution is 14.0. The Hall–Kier alpha value is -0.180. The van der Waals surface area contributed by atoms with Crippen LogP contribution in [0.3, 0.4) is 0 Å². The molecule has 0 heterocycles. The van der Waals surface area contributed by atoms with Gasteiger partial charge in [-0.05, 0) is 19.1 Å². The zero-order valence-corrected chi connectivity index (χ0v) is 17.4. The van der Waals surface area contributed by atoms with E-state index in [-0.39, 0.29) is 36.4 Å². The van der Waals surface area contributed by atoms with E-state index in [1.165, 1.54) is 32.1 Å². The maximum absolute atomic E-state index is 11.7. The Balaban J connectivity index is 0.00000441. The maximum atomic E-state index is 11.7. The minimum absolute atomic E-state index is 0. The van der Waals surface area contributed by atoms with Crippen molar-refractivity contribution in [2.75, 3.05) is 33.4 Å². The molecule has 0 radical (unpaired) electrons. The van der Waals surface area contributed by atoms with E-state index in [0.717, 1.165) is 12.5 Å². The van der Waals surface area contributed by atoms with Gasteiger partial charge in [0.25, 0.3) is 0 Å². The molecule has 0 aromatic carbocycles. The van der Waals surface area contributed by atoms with E-state index in [2.05, 4.69) is 28.8 Å². The predicted octanol–water partition coefficient (Wildman–Crippen LogP) is 2.31. The highest BCUT2D eigenvalue weighted by Gasteiger charge is 2.15. The lowest BCUT2D eigenvalue weighted by Crippen LogP contribution is -2.46. The molecular formula is C15H31IN4OS. The Morgan fingerprint density at radius 1 is 1.32 bits per heavy atom. The summed E-state index contributed by atoms with van der Waals surface area (Å²) < 4.78 is 0. The molecule has 1 unspecified atom stereocenters. The third-order valence-electron chi connectivity index (χ3n) is 3.78. The Bertz CT molecular complexity index is 346. The highest BCUT2D eigenvalue weighted by atomic mass is 127. The second-order valence-corrected chi connectivity index (χ2v) is 7.14. The lowest BCUT2D eigenvalue weighted by atomic mass is 9.96. The first-order chi connectivity index (χ1) is 10.0. The van der Waals surface area contributed by atoms with Crippen LogP contribution in [0.15, 0.2) is 4.99 Å². The van der Waals surface area contributed by atoms with Crippen LogP contribution in [-0.2, 0) is 4.79 Å². The number of amides is 1. The summed E-state index contributed by atoms with van der Waals surface area (Å²) in [4.78, 5) is 17.7. The number of rotatable bonds is 6. The number of carbonyl (C=O) groups is 1. The van der Waals surface area contributed by atoms with Gasteiger partial charge >= 0.3 is 0 Å². The van der Waals surface area contributed by atoms with Gasteiger partial charge in [0.05, 0.1) is 0 Å². The Kier molecular flexibility index (Phi) is 12.2. The topological polar surface area (TPSA) is 56.7 Å². The molecule has 2 N–H and O–H groups in total. The average Bonchev–Trinajstić information content (AvgIpc) is 2.50. The fourth-order valence-electron chi connectivity index (χ4n) is 2.20. The summed E-state index contributed by atoms with van der Waals surface area (Å²) in [5.74, 6) is 0.802. The van der Waals surface area contributed by atoms with Crippen molar-refractivity contribution < 1.29 is 4.79 Å². The van der Waals surface area contributed by atoms with E-state index < -0.39 is 0 Å². The van der Waals surface area contributed by atoms with Gasteiger partial charge in [-0.15, -0.1) is 24.0 Å². The largest absolute Gasteiger partial charge is 0.355 e. The average molecular weight is 442 g/mol. The molecule has 1 amide bonds. The summed E-state index contributed by atoms with van der Waals surface area (Å²) in [5.41, 5.74) is 0. The number of guanidine groups is 1. The Morgan fingerprint density at radius 2 is 1.95 bits per heavy atom. The van der Waals surface area contributed by atoms with Crippen molar-refractivity contribution in [1.29, 1.82) is 0 Å². The molecule has 22 heavy (non-hydrogen) atoms. The van der Waals surface area contributed by atoms with Crippen molar-refractivity contribution in [3.8, 4) is 0 Å². The van der Waals surface area contributed by atoms with Crippen LogP contribution in [-0.4, -0.2) is 61.5 Å². The molecule has 0 aliphatic heterocycles. The van der Waals surface area contributed by atoms with Gasteiger partial charge in [0.1, 0.15) is 6.54 Å². The zero-order valence-electron chi connectivity index (χ0n) is 14.2. The molecule has 5 nitrogen and oxygen atoms in total. The summed E-state index contributed by atoms with van der Waals surface area (Å²) >= 11 is 1.82. The molecule has 1 fully saturated rings. The van der Waals surface area contributed by atoms with E-state index >= 15 is 0 Å². The molecule has 1 atom stereocenters. The van der Waals surface area contributed by atoms with Gasteiger partial charge in [0.2, 0.25) is 5.91 Å². The van der Waals surface area contributed by atoms with Crippen LogP contribution >= 0.6 is 35.7 Å². The number of thioether (sulfide) groups is 1. The second-order valence-electron chi connectivity index (χ2n) is 5.86. The van der Waals surface area contributed by atoms with Crippen LogP contribution < -0.4 is 10.6 Å². The number of nitrogens with zero attached hydrogens (tertiary/aromatic N) is 2. The number of nitrogens with one attached hydrogen (secondary N) is 2. The molecule has 130 valence electrons. The van der Waals surface area contributed by atoms with Crippen LogP contribution in [0.5, 0.6) is 0 Å². The first kappa shape index (κ1) is 21.8. The number of aliphatic imine (C=N–C) groups is 1. The van der Waals surface area contributed by atoms with Crippen molar-refractivity contribution in [3.63, 3.8) is 0 Å². The fourth-order valence-corrected chi connectivity index (χ4v) is 2.45. The number of carbonyl (C=O) groups excluding carboxylic acids is 1. The molecule has 0 saturated heterocycles. The normalized spacial score (nSPS) is 17.4. The summed E-state index contributed by atoms with van der Waals surface area (Å²) in [6.45, 7) is 3.24. The Labute approximate surface area is 156 Å². The van der Waals surface area contributed by atoms with Gasteiger partial charge in [0.15, 0.2) is 5.96 Å². The van der Waals surface area contributed by atoms with E-state index in [9.17, 15) is 4.79 Å². The van der Waals surface area contributed by atoms with Crippen LogP contribution in [0.1, 0.15) is 39.0 Å². The van der Waals surface area contributed by atoms with Crippen molar-refractivity contribution in [2.45, 2.75) is 50.3 Å². The van der Waals surface area contributed by atoms with Gasteiger partial charge in [-0.25, -0.2) is 4.99 Å². The number of hydrogen-bond donors (Lipinski definition) is 2. The van der Waals surface area contributed by atoms with E-state index in [1.807, 2.05) is 11.8 Å². The SMILES string of the molecule is CSC(C)CNC(=NCC(=O)N(C)C)NC1CCCCC1.I. The minimum atomic E-state index is 0. The highest BCUT2D eigenvalue weighted by Crippen LogP contribution is 2.17. The van der Waals surface area contributed by atoms with Crippen LogP contribution in [0.2, 0.25) is 0 Å². The fraction of sp³-hybridized carbons (Fsp3) is 0.867. The number of halogens is 1. The number of likely N-dealkylation sites (N-methyl/N-ethyl adjacent to an activating group) is 1. The van der Waals surface area contributed by atoms with Crippen molar-refractivity contribution in [1.82, 2.24) is 15.5 Å². The van der Waals surface area contributed by atoms with Crippen LogP contribution in [0.25, 0.3) is 0 Å². The molecule has 1 rings (SSSR count). The van der Waals surface area contributed by atoms with Gasteiger partial charge in [-0.1, -0.05) is 26.2 Å². The summed E-state index contributed by atoms with van der Waals surface area (Å²) in [6, 6.07) is 0.490. The summed E-state index contributed by atoms with van der Waals surface area (Å²) in [6.07, 6.45) is 8.39. The van der Waals surface area contributed by atoms with E-state index in [0.29, 0.717) is 11.3 Å². The molecule has 0 bridgehead atoms. The number of hydrogen-bond acceptors (Lipinski definition) is 3. The molecule has 1 saturated carbocycles. The second kappa shape index (κ2) is 12.3. The zero-order chi connectivity index (χ0) is 15.7. The quantitative estimate of drug-likeness (QED) is 0.377. The first-order valence-electron chi connectivity index (χ1n) is 7.80. The lowest BCUT2D eigenvalue weighted by molar-refractivity contribution is -0.127. The van der Waals surface area contributed by atoms with E-state index in [1.54, 1.807) is 19.0 Å². The van der Waals surface area contributed by atoms with Crippen molar-refractivity contribution in [3.05, 3.63) is 0 Å². The molecule has 0 aromatic rings. The van der Waals surface area contributed by atoms with Crippen molar-refractivity contribution >= 4 is 47.6 Å². The van der Waals surface area contributed by atoms with Gasteiger partial charge < -0.3 is 15.5 Å². The Morgan fingerprint density at radius 3 is 2.50 bits per heavy atom. The van der Waals surface area contributed by atoms with Gasteiger partial charge in [0, 0.05) is 31.9 Å². The van der Waals surface area contributed by atoms with Crippen LogP contribution in [0, 0.1) is 0 Å². The van der Waals surface area contributed by atoms with Crippen LogP contribution in [0.4, 0.5) is 0 Å². The maximum Gasteiger partial charge on any atom is 0.243 e. The molecule has 0 spiro atoms. The molecule has 7 heteroatoms. The smallest absolute Gasteiger partial charge is 0.243 e. The first-order valence-corrected chi connectivity index (χ1v) is 9.09. The van der Waals surface area contributed by atoms with Crippen molar-refractivity contribution in [2.24, 2.45) is 4.99 Å². The van der Waals surface area contributed by atoms with E-state index in [4.69, 9.17) is 0 Å².